The van der Waals surface area contributed by atoms with Crippen molar-refractivity contribution in [2.24, 2.45) is 17.8 Å². The van der Waals surface area contributed by atoms with E-state index in [0.29, 0.717) is 18.1 Å². The summed E-state index contributed by atoms with van der Waals surface area (Å²) in [5, 5.41) is 0. The smallest absolute Gasteiger partial charge is 0.129 e. The molecule has 2 aliphatic rings. The van der Waals surface area contributed by atoms with Gasteiger partial charge in [0.05, 0.1) is 6.61 Å². The van der Waals surface area contributed by atoms with Gasteiger partial charge >= 0.3 is 0 Å². The van der Waals surface area contributed by atoms with Crippen molar-refractivity contribution in [3.8, 4) is 0 Å². The summed E-state index contributed by atoms with van der Waals surface area (Å²) in [6.07, 6.45) is 15.2. The Balaban J connectivity index is 1.47. The van der Waals surface area contributed by atoms with Gasteiger partial charge in [0, 0.05) is 12.7 Å². The van der Waals surface area contributed by atoms with Gasteiger partial charge in [0.1, 0.15) is 5.82 Å². The number of ether oxygens (including phenoxy) is 1. The summed E-state index contributed by atoms with van der Waals surface area (Å²) in [6, 6.07) is 5.80. The third-order valence-corrected chi connectivity index (χ3v) is 7.14. The fraction of sp³-hybridized carbons (Fsp3) is 0.750. The summed E-state index contributed by atoms with van der Waals surface area (Å²) in [5.74, 6) is 3.36. The van der Waals surface area contributed by atoms with Gasteiger partial charge in [0.15, 0.2) is 0 Å². The minimum Gasteiger partial charge on any atom is -0.380 e. The lowest BCUT2D eigenvalue weighted by atomic mass is 9.68. The average molecular weight is 361 g/mol. The molecule has 2 aliphatic carbocycles. The van der Waals surface area contributed by atoms with Gasteiger partial charge in [-0.3, -0.25) is 0 Å². The van der Waals surface area contributed by atoms with Crippen LogP contribution in [0.5, 0.6) is 0 Å². The second-order valence-electron chi connectivity index (χ2n) is 8.82. The Labute approximate surface area is 159 Å². The van der Waals surface area contributed by atoms with E-state index in [1.165, 1.54) is 76.2 Å². The summed E-state index contributed by atoms with van der Waals surface area (Å²) in [6.45, 7) is 2.67. The maximum Gasteiger partial charge on any atom is 0.129 e. The molecule has 1 aromatic carbocycles. The number of benzene rings is 1. The Morgan fingerprint density at radius 1 is 0.962 bits per heavy atom. The molecule has 0 aliphatic heterocycles. The first-order valence-corrected chi connectivity index (χ1v) is 11.0. The summed E-state index contributed by atoms with van der Waals surface area (Å²) < 4.78 is 19.3. The first-order chi connectivity index (χ1) is 12.7. The van der Waals surface area contributed by atoms with Gasteiger partial charge in [-0.25, -0.2) is 4.39 Å². The molecule has 0 heterocycles. The molecular formula is C24H37FO. The minimum absolute atomic E-state index is 0.100. The van der Waals surface area contributed by atoms with E-state index >= 15 is 0 Å². The van der Waals surface area contributed by atoms with Gasteiger partial charge in [-0.1, -0.05) is 51.2 Å². The monoisotopic (exact) mass is 360 g/mol. The lowest BCUT2D eigenvalue weighted by molar-refractivity contribution is 0.155. The van der Waals surface area contributed by atoms with Crippen LogP contribution in [-0.2, 0) is 11.3 Å². The van der Waals surface area contributed by atoms with E-state index in [0.717, 1.165) is 17.8 Å². The maximum absolute atomic E-state index is 14.2. The lowest BCUT2D eigenvalue weighted by Gasteiger charge is -2.38. The van der Waals surface area contributed by atoms with Gasteiger partial charge in [0.25, 0.3) is 0 Å². The molecule has 2 heteroatoms. The molecule has 26 heavy (non-hydrogen) atoms. The molecule has 1 aromatic rings. The molecule has 0 bridgehead atoms. The molecule has 0 saturated heterocycles. The van der Waals surface area contributed by atoms with Crippen molar-refractivity contribution in [2.45, 2.75) is 90.1 Å². The van der Waals surface area contributed by atoms with E-state index < -0.39 is 0 Å². The van der Waals surface area contributed by atoms with E-state index in [2.05, 4.69) is 13.0 Å². The van der Waals surface area contributed by atoms with Crippen molar-refractivity contribution in [1.82, 2.24) is 0 Å². The summed E-state index contributed by atoms with van der Waals surface area (Å²) in [5.41, 5.74) is 1.87. The molecule has 0 N–H and O–H groups in total. The zero-order chi connectivity index (χ0) is 18.4. The maximum atomic E-state index is 14.2. The van der Waals surface area contributed by atoms with Gasteiger partial charge < -0.3 is 4.74 Å². The number of hydrogen-bond acceptors (Lipinski definition) is 1. The van der Waals surface area contributed by atoms with E-state index in [9.17, 15) is 4.39 Å². The normalized spacial score (nSPS) is 29.7. The van der Waals surface area contributed by atoms with Crippen molar-refractivity contribution >= 4 is 0 Å². The molecule has 0 unspecified atom stereocenters. The van der Waals surface area contributed by atoms with Crippen LogP contribution in [0.3, 0.4) is 0 Å². The number of unbranched alkanes of at least 4 members (excludes halogenated alkanes) is 1. The molecule has 0 radical (unpaired) electrons. The van der Waals surface area contributed by atoms with Crippen LogP contribution in [0.25, 0.3) is 0 Å². The fourth-order valence-electron chi connectivity index (χ4n) is 5.46. The third kappa shape index (κ3) is 5.09. The predicted molar refractivity (Wildman–Crippen MR) is 107 cm³/mol. The van der Waals surface area contributed by atoms with Gasteiger partial charge in [-0.2, -0.15) is 0 Å². The van der Waals surface area contributed by atoms with E-state index in [-0.39, 0.29) is 5.82 Å². The standard InChI is InChI=1S/C24H37FO/c1-3-4-5-18-6-8-19(9-7-18)20-10-12-21(13-11-20)22-14-15-23(17-26-2)24(25)16-22/h14-16,18-21H,3-13,17H2,1-2H3/t18-,19-,20?,21?. The molecule has 2 fully saturated rings. The van der Waals surface area contributed by atoms with E-state index in [1.807, 2.05) is 6.07 Å². The van der Waals surface area contributed by atoms with Gasteiger partial charge in [-0.05, 0) is 73.8 Å². The Morgan fingerprint density at radius 3 is 2.19 bits per heavy atom. The van der Waals surface area contributed by atoms with Gasteiger partial charge in [0.2, 0.25) is 0 Å². The Hall–Kier alpha value is -0.890. The molecule has 0 spiro atoms. The minimum atomic E-state index is -0.100. The Bertz CT molecular complexity index is 539. The SMILES string of the molecule is CCCC[C@H]1CC[C@H](C2CCC(c3ccc(COC)c(F)c3)CC2)CC1. The average Bonchev–Trinajstić information content (AvgIpc) is 2.69. The molecular weight excluding hydrogens is 323 g/mol. The largest absolute Gasteiger partial charge is 0.380 e. The van der Waals surface area contributed by atoms with E-state index in [4.69, 9.17) is 4.74 Å². The van der Waals surface area contributed by atoms with Crippen LogP contribution >= 0.6 is 0 Å². The highest BCUT2D eigenvalue weighted by atomic mass is 19.1. The molecule has 3 rings (SSSR count). The van der Waals surface area contributed by atoms with Crippen molar-refractivity contribution in [3.63, 3.8) is 0 Å². The fourth-order valence-corrected chi connectivity index (χ4v) is 5.46. The molecule has 0 atom stereocenters. The second-order valence-corrected chi connectivity index (χ2v) is 8.82. The lowest BCUT2D eigenvalue weighted by Crippen LogP contribution is -2.25. The molecule has 146 valence electrons. The number of methoxy groups -OCH3 is 1. The number of halogens is 1. The predicted octanol–water partition coefficient (Wildman–Crippen LogP) is 7.24. The van der Waals surface area contributed by atoms with Crippen molar-refractivity contribution < 1.29 is 9.13 Å². The Morgan fingerprint density at radius 2 is 1.62 bits per heavy atom. The first-order valence-electron chi connectivity index (χ1n) is 11.0. The number of rotatable bonds is 7. The quantitative estimate of drug-likeness (QED) is 0.498. The summed E-state index contributed by atoms with van der Waals surface area (Å²) in [4.78, 5) is 0. The topological polar surface area (TPSA) is 9.23 Å². The molecule has 0 amide bonds. The number of hydrogen-bond donors (Lipinski definition) is 0. The van der Waals surface area contributed by atoms with Crippen molar-refractivity contribution in [1.29, 1.82) is 0 Å². The van der Waals surface area contributed by atoms with Crippen LogP contribution in [0.1, 0.15) is 94.6 Å². The van der Waals surface area contributed by atoms with Gasteiger partial charge in [-0.15, -0.1) is 0 Å². The molecule has 2 saturated carbocycles. The first kappa shape index (κ1) is 19.9. The summed E-state index contributed by atoms with van der Waals surface area (Å²) in [7, 11) is 1.62. The summed E-state index contributed by atoms with van der Waals surface area (Å²) >= 11 is 0. The highest BCUT2D eigenvalue weighted by molar-refractivity contribution is 5.27. The van der Waals surface area contributed by atoms with Crippen LogP contribution in [0.4, 0.5) is 4.39 Å². The van der Waals surface area contributed by atoms with Crippen LogP contribution in [0, 0.1) is 23.6 Å². The van der Waals surface area contributed by atoms with Crippen molar-refractivity contribution in [2.75, 3.05) is 7.11 Å². The second kappa shape index (κ2) is 9.88. The molecule has 1 nitrogen and oxygen atoms in total. The molecule has 0 aromatic heterocycles. The zero-order valence-electron chi connectivity index (χ0n) is 16.8. The zero-order valence-corrected chi connectivity index (χ0v) is 16.8. The Kier molecular flexibility index (Phi) is 7.54. The van der Waals surface area contributed by atoms with Crippen LogP contribution in [-0.4, -0.2) is 7.11 Å². The van der Waals surface area contributed by atoms with Crippen molar-refractivity contribution in [3.05, 3.63) is 35.1 Å². The van der Waals surface area contributed by atoms with Crippen LogP contribution < -0.4 is 0 Å². The van der Waals surface area contributed by atoms with E-state index in [1.54, 1.807) is 13.2 Å². The highest BCUT2D eigenvalue weighted by Crippen LogP contribution is 2.44. The van der Waals surface area contributed by atoms with Crippen LogP contribution in [0.2, 0.25) is 0 Å². The third-order valence-electron chi connectivity index (χ3n) is 7.14. The van der Waals surface area contributed by atoms with Crippen LogP contribution in [0.15, 0.2) is 18.2 Å². The highest BCUT2D eigenvalue weighted by Gasteiger charge is 2.31.